The number of nitrogens with two attached hydrogens (primary N) is 1. The lowest BCUT2D eigenvalue weighted by molar-refractivity contribution is -0.142. The van der Waals surface area contributed by atoms with E-state index >= 15 is 0 Å². The number of halogens is 1. The Bertz CT molecular complexity index is 1010. The molecular formula is C19H27BrN5O9P. The van der Waals surface area contributed by atoms with Gasteiger partial charge in [0, 0.05) is 4.47 Å². The van der Waals surface area contributed by atoms with E-state index < -0.39 is 63.1 Å². The van der Waals surface area contributed by atoms with Crippen LogP contribution >= 0.6 is 23.7 Å². The summed E-state index contributed by atoms with van der Waals surface area (Å²) >= 11 is 3.28. The van der Waals surface area contributed by atoms with Gasteiger partial charge < -0.3 is 29.9 Å². The second kappa shape index (κ2) is 11.2. The number of esters is 1. The molecule has 0 aromatic heterocycles. The first-order chi connectivity index (χ1) is 16.4. The minimum Gasteiger partial charge on any atom is -0.468 e. The monoisotopic (exact) mass is 579 g/mol. The van der Waals surface area contributed by atoms with Crippen molar-refractivity contribution in [1.82, 2.24) is 15.3 Å². The molecule has 14 nitrogen and oxygen atoms in total. The van der Waals surface area contributed by atoms with E-state index in [9.17, 15) is 24.4 Å². The molecule has 2 amide bonds. The lowest BCUT2D eigenvalue weighted by Crippen LogP contribution is -2.60. The van der Waals surface area contributed by atoms with Gasteiger partial charge in [-0.2, -0.15) is 5.09 Å². The number of ether oxygens (including phenoxy) is 2. The second-order valence-electron chi connectivity index (χ2n) is 7.74. The van der Waals surface area contributed by atoms with E-state index in [2.05, 4.69) is 36.1 Å². The summed E-state index contributed by atoms with van der Waals surface area (Å²) in [6.07, 6.45) is -6.33. The maximum atomic E-state index is 13.5. The molecule has 0 spiro atoms. The number of hydrogen-bond acceptors (Lipinski definition) is 11. The number of carbonyl (C=O) groups is 2. The van der Waals surface area contributed by atoms with Crippen molar-refractivity contribution in [3.63, 3.8) is 0 Å². The summed E-state index contributed by atoms with van der Waals surface area (Å²) in [5.74, 6) is -0.643. The summed E-state index contributed by atoms with van der Waals surface area (Å²) in [5.41, 5.74) is 5.54. The first-order valence-corrected chi connectivity index (χ1v) is 12.8. The normalized spacial score (nSPS) is 29.1. The molecule has 1 aromatic rings. The molecule has 3 rings (SSSR count). The van der Waals surface area contributed by atoms with Gasteiger partial charge >= 0.3 is 19.7 Å². The third-order valence-corrected chi connectivity index (χ3v) is 7.34. The van der Waals surface area contributed by atoms with Crippen LogP contribution in [0.15, 0.2) is 33.7 Å². The van der Waals surface area contributed by atoms with E-state index in [0.29, 0.717) is 0 Å². The Kier molecular flexibility index (Phi) is 8.75. The van der Waals surface area contributed by atoms with Crippen LogP contribution in [0.1, 0.15) is 13.8 Å². The van der Waals surface area contributed by atoms with E-state index in [1.54, 1.807) is 19.1 Å². The fraction of sp³-hybridized carbons (Fsp3) is 0.526. The van der Waals surface area contributed by atoms with Crippen molar-refractivity contribution >= 4 is 41.6 Å². The van der Waals surface area contributed by atoms with E-state index in [1.807, 2.05) is 0 Å². The minimum atomic E-state index is -4.23. The van der Waals surface area contributed by atoms with Gasteiger partial charge in [-0.25, -0.2) is 14.4 Å². The molecule has 1 fully saturated rings. The largest absolute Gasteiger partial charge is 0.468 e. The molecule has 2 aliphatic rings. The van der Waals surface area contributed by atoms with Crippen LogP contribution in [0.2, 0.25) is 0 Å². The molecule has 1 aromatic carbocycles. The first kappa shape index (κ1) is 27.3. The smallest absolute Gasteiger partial charge is 0.459 e. The summed E-state index contributed by atoms with van der Waals surface area (Å²) in [4.78, 5) is 29.3. The molecule has 2 heterocycles. The van der Waals surface area contributed by atoms with E-state index in [-0.39, 0.29) is 11.7 Å². The van der Waals surface area contributed by atoms with Crippen LogP contribution in [-0.2, 0) is 23.4 Å². The van der Waals surface area contributed by atoms with Gasteiger partial charge in [0.1, 0.15) is 36.3 Å². The highest BCUT2D eigenvalue weighted by Gasteiger charge is 2.50. The molecular weight excluding hydrogens is 553 g/mol. The zero-order chi connectivity index (χ0) is 25.9. The number of nitrogens with one attached hydrogen (secondary N) is 2. The summed E-state index contributed by atoms with van der Waals surface area (Å²) in [5, 5.41) is 25.8. The van der Waals surface area contributed by atoms with Crippen molar-refractivity contribution in [3.8, 4) is 5.75 Å². The van der Waals surface area contributed by atoms with E-state index in [4.69, 9.17) is 19.5 Å². The molecule has 1 saturated heterocycles. The highest BCUT2D eigenvalue weighted by molar-refractivity contribution is 9.10. The Morgan fingerprint density at radius 3 is 2.63 bits per heavy atom. The number of amides is 2. The highest BCUT2D eigenvalue weighted by atomic mass is 79.9. The number of hydrogen-bond donors (Lipinski definition) is 5. The van der Waals surface area contributed by atoms with Crippen molar-refractivity contribution in [2.24, 2.45) is 10.7 Å². The Balaban J connectivity index is 1.74. The molecule has 35 heavy (non-hydrogen) atoms. The molecule has 0 radical (unpaired) electrons. The van der Waals surface area contributed by atoms with Crippen molar-refractivity contribution in [2.75, 3.05) is 13.7 Å². The Labute approximate surface area is 209 Å². The Hall–Kier alpha value is -2.26. The molecule has 7 atom stereocenters. The van der Waals surface area contributed by atoms with Gasteiger partial charge in [-0.1, -0.05) is 15.9 Å². The number of carbonyl (C=O) groups excluding carboxylic acids is 2. The summed E-state index contributed by atoms with van der Waals surface area (Å²) in [7, 11) is -3.06. The van der Waals surface area contributed by atoms with Crippen LogP contribution in [0.4, 0.5) is 4.79 Å². The van der Waals surface area contributed by atoms with Crippen LogP contribution in [0.5, 0.6) is 5.75 Å². The second-order valence-corrected chi connectivity index (χ2v) is 10.4. The predicted molar refractivity (Wildman–Crippen MR) is 125 cm³/mol. The maximum absolute atomic E-state index is 13.5. The van der Waals surface area contributed by atoms with Crippen molar-refractivity contribution in [1.29, 1.82) is 0 Å². The zero-order valence-corrected chi connectivity index (χ0v) is 21.5. The van der Waals surface area contributed by atoms with Crippen molar-refractivity contribution < 1.29 is 42.9 Å². The Morgan fingerprint density at radius 1 is 1.37 bits per heavy atom. The fourth-order valence-electron chi connectivity index (χ4n) is 3.43. The molecule has 16 heteroatoms. The van der Waals surface area contributed by atoms with E-state index in [0.717, 1.165) is 9.37 Å². The molecule has 0 aliphatic carbocycles. The number of aliphatic hydroxyl groups excluding tert-OH is 2. The van der Waals surface area contributed by atoms with Gasteiger partial charge in [0.2, 0.25) is 0 Å². The number of nitrogens with zero attached hydrogens (tertiary/aromatic N) is 2. The number of urea groups is 1. The third kappa shape index (κ3) is 6.50. The summed E-state index contributed by atoms with van der Waals surface area (Å²) < 4.78 is 35.5. The van der Waals surface area contributed by atoms with Crippen molar-refractivity contribution in [2.45, 2.75) is 50.6 Å². The predicted octanol–water partition coefficient (Wildman–Crippen LogP) is 0.236. The van der Waals surface area contributed by atoms with Crippen LogP contribution in [0.25, 0.3) is 0 Å². The third-order valence-electron chi connectivity index (χ3n) is 5.16. The van der Waals surface area contributed by atoms with Crippen LogP contribution < -0.4 is 20.7 Å². The van der Waals surface area contributed by atoms with Gasteiger partial charge in [0.25, 0.3) is 0 Å². The summed E-state index contributed by atoms with van der Waals surface area (Å²) in [6.45, 7) is 2.42. The number of aliphatic hydroxyl groups is 2. The Morgan fingerprint density at radius 2 is 2.03 bits per heavy atom. The SMILES string of the molecule is COC(=O)C(C)NP(=O)(OC[C@H]1O[C@@H](N2C(=O)NC(N)=NC2C)C(O)[C@@H]1O)Oc1ccc(Br)cc1. The molecule has 0 bridgehead atoms. The van der Waals surface area contributed by atoms with Crippen molar-refractivity contribution in [3.05, 3.63) is 28.7 Å². The van der Waals surface area contributed by atoms with Gasteiger partial charge in [-0.15, -0.1) is 0 Å². The average molecular weight is 580 g/mol. The van der Waals surface area contributed by atoms with Crippen LogP contribution in [0, 0.1) is 0 Å². The maximum Gasteiger partial charge on any atom is 0.459 e. The zero-order valence-electron chi connectivity index (χ0n) is 19.0. The van der Waals surface area contributed by atoms with Gasteiger partial charge in [0.05, 0.1) is 13.7 Å². The van der Waals surface area contributed by atoms with Gasteiger partial charge in [-0.05, 0) is 38.1 Å². The number of methoxy groups -OCH3 is 1. The lowest BCUT2D eigenvalue weighted by atomic mass is 10.1. The highest BCUT2D eigenvalue weighted by Crippen LogP contribution is 2.46. The average Bonchev–Trinajstić information content (AvgIpc) is 3.06. The number of benzene rings is 1. The molecule has 0 saturated carbocycles. The van der Waals surface area contributed by atoms with Crippen LogP contribution in [0.3, 0.4) is 0 Å². The van der Waals surface area contributed by atoms with Crippen LogP contribution in [-0.4, -0.2) is 83.5 Å². The minimum absolute atomic E-state index is 0.0940. The molecule has 4 unspecified atom stereocenters. The van der Waals surface area contributed by atoms with E-state index in [1.165, 1.54) is 26.2 Å². The quantitative estimate of drug-likeness (QED) is 0.198. The standard InChI is InChI=1S/C19H27BrN5O9P/c1-9(17(28)31-3)24-35(30,34-12-6-4-11(20)5-7-12)32-8-13-14(26)15(27)16(33-13)25-10(2)22-18(21)23-19(25)29/h4-7,9-10,13-16,26-27H,8H2,1-3H3,(H,24,30)(H3,21,22,23,29)/t9?,10?,13-,14-,15?,16-,35?/m1/s1. The number of rotatable bonds is 9. The first-order valence-electron chi connectivity index (χ1n) is 10.4. The molecule has 6 N–H and O–H groups in total. The number of guanidine groups is 1. The topological polar surface area (TPSA) is 194 Å². The summed E-state index contributed by atoms with van der Waals surface area (Å²) in [6, 6.07) is 4.58. The lowest BCUT2D eigenvalue weighted by Gasteiger charge is -2.36. The fourth-order valence-corrected chi connectivity index (χ4v) is 5.19. The van der Waals surface area contributed by atoms with Gasteiger partial charge in [0.15, 0.2) is 12.2 Å². The molecule has 2 aliphatic heterocycles. The number of aliphatic imine (C=N–C) groups is 1. The van der Waals surface area contributed by atoms with Gasteiger partial charge in [-0.3, -0.25) is 19.5 Å². The molecule has 194 valence electrons.